The lowest BCUT2D eigenvalue weighted by molar-refractivity contribution is -0.537. The number of likely N-dealkylation sites (N-methyl/N-ethyl adjacent to an activating group) is 2. The van der Waals surface area contributed by atoms with Gasteiger partial charge in [0.25, 0.3) is 5.91 Å². The molecular weight excluding hydrogens is 368 g/mol. The zero-order chi connectivity index (χ0) is 19.6. The highest BCUT2D eigenvalue weighted by molar-refractivity contribution is 6.30. The molecule has 1 unspecified atom stereocenters. The van der Waals surface area contributed by atoms with Gasteiger partial charge in [0, 0.05) is 19.1 Å². The van der Waals surface area contributed by atoms with Gasteiger partial charge in [-0.15, -0.1) is 5.10 Å². The van der Waals surface area contributed by atoms with E-state index in [9.17, 15) is 9.59 Å². The summed E-state index contributed by atoms with van der Waals surface area (Å²) in [6.45, 7) is 2.71. The van der Waals surface area contributed by atoms with Crippen LogP contribution in [0.5, 0.6) is 0 Å². The van der Waals surface area contributed by atoms with E-state index in [2.05, 4.69) is 22.4 Å². The van der Waals surface area contributed by atoms with E-state index in [1.807, 2.05) is 16.7 Å². The number of carbonyl (C=O) groups excluding carboxylic acids is 2. The van der Waals surface area contributed by atoms with Crippen molar-refractivity contribution in [3.63, 3.8) is 0 Å². The van der Waals surface area contributed by atoms with E-state index < -0.39 is 12.1 Å². The van der Waals surface area contributed by atoms with Crippen LogP contribution < -0.4 is 5.43 Å². The molecule has 1 aromatic carbocycles. The average molecular weight is 390 g/mol. The molecule has 142 valence electrons. The first-order valence-corrected chi connectivity index (χ1v) is 9.14. The number of hydrogen-bond acceptors (Lipinski definition) is 5. The molecule has 0 radical (unpaired) electrons. The minimum Gasteiger partial charge on any atom is -0.270 e. The molecule has 0 bridgehead atoms. The molecule has 3 amide bonds. The summed E-state index contributed by atoms with van der Waals surface area (Å²) in [5, 5.41) is 4.88. The zero-order valence-electron chi connectivity index (χ0n) is 15.5. The second-order valence-electron chi connectivity index (χ2n) is 6.40. The van der Waals surface area contributed by atoms with E-state index >= 15 is 0 Å². The third-order valence-corrected chi connectivity index (χ3v) is 4.78. The minimum absolute atomic E-state index is 0.286. The normalized spacial score (nSPS) is 19.9. The van der Waals surface area contributed by atoms with Crippen LogP contribution in [-0.2, 0) is 4.79 Å². The number of amides is 3. The lowest BCUT2D eigenvalue weighted by Gasteiger charge is -2.31. The maximum Gasteiger partial charge on any atom is 0.413 e. The highest BCUT2D eigenvalue weighted by Gasteiger charge is 2.51. The first kappa shape index (κ1) is 19.0. The van der Waals surface area contributed by atoms with Crippen LogP contribution in [-0.4, -0.2) is 71.0 Å². The lowest BCUT2D eigenvalue weighted by atomic mass is 10.1. The minimum atomic E-state index is -0.613. The van der Waals surface area contributed by atoms with Crippen LogP contribution in [0.1, 0.15) is 25.3 Å². The number of aliphatic imine (C=N–C) groups is 1. The number of amidine groups is 1. The molecule has 0 spiro atoms. The highest BCUT2D eigenvalue weighted by atomic mass is 35.5. The first-order valence-electron chi connectivity index (χ1n) is 8.76. The Balaban J connectivity index is 1.87. The van der Waals surface area contributed by atoms with Crippen molar-refractivity contribution < 1.29 is 14.2 Å². The van der Waals surface area contributed by atoms with Crippen molar-refractivity contribution >= 4 is 41.5 Å². The predicted molar refractivity (Wildman–Crippen MR) is 104 cm³/mol. The van der Waals surface area contributed by atoms with E-state index in [0.29, 0.717) is 23.4 Å². The molecule has 9 heteroatoms. The second kappa shape index (κ2) is 7.87. The molecule has 0 aromatic heterocycles. The number of urea groups is 1. The van der Waals surface area contributed by atoms with Gasteiger partial charge in [0.15, 0.2) is 0 Å². The topological polar surface area (TPSA) is 80.4 Å². The molecule has 1 aromatic rings. The Kier molecular flexibility index (Phi) is 5.55. The summed E-state index contributed by atoms with van der Waals surface area (Å²) in [5.74, 6) is 0.590. The summed E-state index contributed by atoms with van der Waals surface area (Å²) < 4.78 is 1.86. The van der Waals surface area contributed by atoms with E-state index in [-0.39, 0.29) is 5.91 Å². The summed E-state index contributed by atoms with van der Waals surface area (Å²) in [4.78, 5) is 31.9. The third-order valence-electron chi connectivity index (χ3n) is 4.53. The van der Waals surface area contributed by atoms with Gasteiger partial charge >= 0.3 is 12.0 Å². The van der Waals surface area contributed by atoms with Crippen LogP contribution in [0.25, 0.3) is 0 Å². The second-order valence-corrected chi connectivity index (χ2v) is 6.84. The standard InChI is InChI=1S/C18H21ClN6O2/c1-4-5-10-25-14-15(23(2)18(27)24(3)16(14)26)21-17(25)22-20-11-12-6-8-13(19)9-7-12/h6-9,11,14H,4-5,10H2,1-3H3/p+1/b20-11+. The van der Waals surface area contributed by atoms with Gasteiger partial charge in [-0.25, -0.2) is 9.37 Å². The SMILES string of the molecule is CCCC[N+]1=C(N/N=C/c2ccc(Cl)cc2)N=C2C1C(=O)N(C)C(=O)N2C. The average Bonchev–Trinajstić information content (AvgIpc) is 3.03. The van der Waals surface area contributed by atoms with Gasteiger partial charge in [0.1, 0.15) is 0 Å². The number of hydrogen-bond donors (Lipinski definition) is 1. The van der Waals surface area contributed by atoms with Crippen molar-refractivity contribution in [3.05, 3.63) is 34.9 Å². The third kappa shape index (κ3) is 3.71. The van der Waals surface area contributed by atoms with Gasteiger partial charge in [-0.05, 0) is 24.1 Å². The van der Waals surface area contributed by atoms with E-state index in [4.69, 9.17) is 11.6 Å². The predicted octanol–water partition coefficient (Wildman–Crippen LogP) is 1.74. The van der Waals surface area contributed by atoms with Gasteiger partial charge < -0.3 is 0 Å². The number of fused-ring (bicyclic) bond motifs is 1. The number of nitrogens with zero attached hydrogens (tertiary/aromatic N) is 5. The van der Waals surface area contributed by atoms with Crippen molar-refractivity contribution in [1.29, 1.82) is 0 Å². The van der Waals surface area contributed by atoms with Crippen LogP contribution in [0.15, 0.2) is 34.4 Å². The summed E-state index contributed by atoms with van der Waals surface area (Å²) in [6, 6.07) is 6.25. The van der Waals surface area contributed by atoms with Crippen LogP contribution in [0.2, 0.25) is 5.02 Å². The molecule has 2 heterocycles. The Labute approximate surface area is 162 Å². The maximum absolute atomic E-state index is 12.7. The first-order chi connectivity index (χ1) is 12.9. The van der Waals surface area contributed by atoms with Gasteiger partial charge in [0.05, 0.1) is 12.8 Å². The monoisotopic (exact) mass is 389 g/mol. The van der Waals surface area contributed by atoms with E-state index in [1.54, 1.807) is 25.4 Å². The fourth-order valence-corrected chi connectivity index (χ4v) is 3.09. The van der Waals surface area contributed by atoms with E-state index in [1.165, 1.54) is 11.9 Å². The fraction of sp³-hybridized carbons (Fsp3) is 0.389. The molecule has 8 nitrogen and oxygen atoms in total. The largest absolute Gasteiger partial charge is 0.413 e. The van der Waals surface area contributed by atoms with Gasteiger partial charge in [-0.1, -0.05) is 42.1 Å². The molecule has 1 atom stereocenters. The van der Waals surface area contributed by atoms with Crippen molar-refractivity contribution in [2.75, 3.05) is 20.6 Å². The number of carbonyl (C=O) groups is 2. The zero-order valence-corrected chi connectivity index (χ0v) is 16.3. The van der Waals surface area contributed by atoms with Gasteiger partial charge in [-0.2, -0.15) is 5.43 Å². The molecular formula is C18H22ClN6O2+. The molecule has 2 aliphatic heterocycles. The Morgan fingerprint density at radius 1 is 1.26 bits per heavy atom. The number of hydrazone groups is 1. The van der Waals surface area contributed by atoms with Crippen molar-refractivity contribution in [2.24, 2.45) is 10.1 Å². The van der Waals surface area contributed by atoms with Crippen molar-refractivity contribution in [3.8, 4) is 0 Å². The summed E-state index contributed by atoms with van der Waals surface area (Å²) in [7, 11) is 3.11. The molecule has 1 saturated heterocycles. The van der Waals surface area contributed by atoms with Gasteiger partial charge in [0.2, 0.25) is 11.9 Å². The Hall–Kier alpha value is -2.74. The van der Waals surface area contributed by atoms with Crippen LogP contribution in [0.3, 0.4) is 0 Å². The van der Waals surface area contributed by atoms with Crippen LogP contribution in [0, 0.1) is 0 Å². The molecule has 27 heavy (non-hydrogen) atoms. The molecule has 2 aliphatic rings. The molecule has 0 aliphatic carbocycles. The smallest absolute Gasteiger partial charge is 0.270 e. The Bertz CT molecular complexity index is 846. The van der Waals surface area contributed by atoms with Crippen LogP contribution in [0.4, 0.5) is 4.79 Å². The number of nitrogens with one attached hydrogen (secondary N) is 1. The van der Waals surface area contributed by atoms with Gasteiger partial charge in [-0.3, -0.25) is 14.6 Å². The quantitative estimate of drug-likeness (QED) is 0.473. The molecule has 3 rings (SSSR count). The Morgan fingerprint density at radius 3 is 2.63 bits per heavy atom. The number of rotatable bonds is 5. The van der Waals surface area contributed by atoms with Crippen molar-refractivity contribution in [2.45, 2.75) is 25.8 Å². The maximum atomic E-state index is 12.7. The summed E-state index contributed by atoms with van der Waals surface area (Å²) in [6.07, 6.45) is 3.50. The highest BCUT2D eigenvalue weighted by Crippen LogP contribution is 2.18. The van der Waals surface area contributed by atoms with Crippen LogP contribution >= 0.6 is 11.6 Å². The molecule has 1 fully saturated rings. The summed E-state index contributed by atoms with van der Waals surface area (Å²) in [5.41, 5.74) is 3.79. The fourth-order valence-electron chi connectivity index (χ4n) is 2.96. The number of benzene rings is 1. The van der Waals surface area contributed by atoms with E-state index in [0.717, 1.165) is 23.3 Å². The lowest BCUT2D eigenvalue weighted by Crippen LogP contribution is -2.61. The molecule has 0 saturated carbocycles. The summed E-state index contributed by atoms with van der Waals surface area (Å²) >= 11 is 5.88. The molecule has 1 N–H and O–H groups in total. The number of unbranched alkanes of at least 4 members (excludes halogenated alkanes) is 1. The van der Waals surface area contributed by atoms with Crippen molar-refractivity contribution in [1.82, 2.24) is 15.2 Å². The Morgan fingerprint density at radius 2 is 1.96 bits per heavy atom. The number of halogens is 1. The number of imide groups is 1. The number of guanidine groups is 1.